The maximum absolute atomic E-state index is 6.98. The van der Waals surface area contributed by atoms with Crippen molar-refractivity contribution in [3.8, 4) is 0 Å². The van der Waals surface area contributed by atoms with E-state index in [0.717, 1.165) is 0 Å². The van der Waals surface area contributed by atoms with Crippen molar-refractivity contribution in [2.45, 2.75) is 25.5 Å². The third-order valence-corrected chi connectivity index (χ3v) is 1.50. The Labute approximate surface area is 54.8 Å². The summed E-state index contributed by atoms with van der Waals surface area (Å²) in [4.78, 5) is 0. The van der Waals surface area contributed by atoms with Crippen LogP contribution in [0.5, 0.6) is 0 Å². The molecule has 0 saturated heterocycles. The zero-order valence-electron chi connectivity index (χ0n) is 5.47. The molecule has 0 aromatic heterocycles. The van der Waals surface area contributed by atoms with Crippen molar-refractivity contribution in [2.24, 2.45) is 0 Å². The summed E-state index contributed by atoms with van der Waals surface area (Å²) in [6.07, 6.45) is 1.57. The van der Waals surface area contributed by atoms with E-state index in [1.165, 1.54) is 0 Å². The van der Waals surface area contributed by atoms with E-state index in [9.17, 15) is 0 Å². The lowest BCUT2D eigenvalue weighted by atomic mass is 10.7. The quantitative estimate of drug-likeness (QED) is 0.546. The second-order valence-corrected chi connectivity index (χ2v) is 2.72. The molecule has 49 valence electrons. The molecule has 0 fully saturated rings. The second-order valence-electron chi connectivity index (χ2n) is 1.58. The van der Waals surface area contributed by atoms with Gasteiger partial charge in [0.2, 0.25) is 0 Å². The molecule has 2 unspecified atom stereocenters. The highest BCUT2D eigenvalue weighted by Gasteiger charge is 2.00. The van der Waals surface area contributed by atoms with Crippen molar-refractivity contribution < 1.29 is 4.74 Å². The monoisotopic (exact) mass is 134 g/mol. The van der Waals surface area contributed by atoms with Crippen LogP contribution in [0.2, 0.25) is 0 Å². The number of ether oxygens (including phenoxy) is 1. The number of thioether (sulfide) groups is 1. The Kier molecular flexibility index (Phi) is 4.32. The van der Waals surface area contributed by atoms with Gasteiger partial charge in [-0.15, -0.1) is 11.8 Å². The van der Waals surface area contributed by atoms with Crippen molar-refractivity contribution in [3.05, 3.63) is 0 Å². The van der Waals surface area contributed by atoms with Crippen LogP contribution in [0.4, 0.5) is 0 Å². The summed E-state index contributed by atoms with van der Waals surface area (Å²) in [5, 5.41) is 0. The summed E-state index contributed by atoms with van der Waals surface area (Å²) in [5.74, 6) is 0. The summed E-state index contributed by atoms with van der Waals surface area (Å²) >= 11 is 1.61. The predicted molar refractivity (Wildman–Crippen MR) is 36.6 cm³/mol. The smallest absolute Gasteiger partial charge is 0.119 e. The summed E-state index contributed by atoms with van der Waals surface area (Å²) in [5.41, 5.74) is 7.13. The summed E-state index contributed by atoms with van der Waals surface area (Å²) in [6, 6.07) is 0. The van der Waals surface area contributed by atoms with Crippen LogP contribution >= 0.6 is 11.8 Å². The molecular formula is C5H12NOS. The highest BCUT2D eigenvalue weighted by atomic mass is 32.2. The van der Waals surface area contributed by atoms with Crippen LogP contribution in [0.3, 0.4) is 0 Å². The van der Waals surface area contributed by atoms with Crippen LogP contribution in [0, 0.1) is 0 Å². The molecule has 0 aliphatic rings. The normalized spacial score (nSPS) is 18.0. The van der Waals surface area contributed by atoms with E-state index in [1.54, 1.807) is 18.7 Å². The zero-order chi connectivity index (χ0) is 6.57. The van der Waals surface area contributed by atoms with Gasteiger partial charge in [0.15, 0.2) is 0 Å². The van der Waals surface area contributed by atoms with Crippen LogP contribution in [0.1, 0.15) is 13.8 Å². The molecule has 0 aromatic carbocycles. The number of rotatable bonds is 3. The van der Waals surface area contributed by atoms with Gasteiger partial charge in [-0.25, -0.2) is 5.73 Å². The minimum atomic E-state index is -0.391. The molecule has 2 nitrogen and oxygen atoms in total. The molecule has 0 rings (SSSR count). The first-order valence-electron chi connectivity index (χ1n) is 2.56. The largest absolute Gasteiger partial charge is 0.349 e. The minimum Gasteiger partial charge on any atom is -0.349 e. The molecule has 8 heavy (non-hydrogen) atoms. The molecule has 0 heterocycles. The van der Waals surface area contributed by atoms with Crippen molar-refractivity contribution >= 4 is 11.8 Å². The number of hydrogen-bond donors (Lipinski definition) is 0. The van der Waals surface area contributed by atoms with Gasteiger partial charge < -0.3 is 4.74 Å². The number of nitrogens with one attached hydrogen (secondary N) is 1. The Morgan fingerprint density at radius 3 is 2.12 bits per heavy atom. The molecule has 1 N–H and O–H groups in total. The van der Waals surface area contributed by atoms with Crippen molar-refractivity contribution in [2.75, 3.05) is 6.26 Å². The van der Waals surface area contributed by atoms with E-state index < -0.39 is 6.23 Å². The first-order chi connectivity index (χ1) is 3.66. The fourth-order valence-electron chi connectivity index (χ4n) is 0.343. The van der Waals surface area contributed by atoms with Crippen LogP contribution in [-0.4, -0.2) is 17.9 Å². The lowest BCUT2D eigenvalue weighted by Crippen LogP contribution is -2.14. The lowest BCUT2D eigenvalue weighted by molar-refractivity contribution is 0.0562. The predicted octanol–water partition coefficient (Wildman–Crippen LogP) is 1.34. The van der Waals surface area contributed by atoms with Gasteiger partial charge >= 0.3 is 0 Å². The van der Waals surface area contributed by atoms with Crippen molar-refractivity contribution in [3.63, 3.8) is 0 Å². The van der Waals surface area contributed by atoms with Gasteiger partial charge in [-0.1, -0.05) is 0 Å². The Balaban J connectivity index is 3.10. The van der Waals surface area contributed by atoms with Gasteiger partial charge in [-0.05, 0) is 20.1 Å². The molecule has 0 amide bonds. The van der Waals surface area contributed by atoms with Crippen LogP contribution in [-0.2, 0) is 4.74 Å². The molecule has 2 atom stereocenters. The third kappa shape index (κ3) is 4.43. The van der Waals surface area contributed by atoms with Crippen LogP contribution in [0.25, 0.3) is 0 Å². The highest BCUT2D eigenvalue weighted by molar-refractivity contribution is 7.99. The molecule has 0 spiro atoms. The van der Waals surface area contributed by atoms with Crippen molar-refractivity contribution in [1.82, 2.24) is 5.73 Å². The maximum atomic E-state index is 6.98. The van der Waals surface area contributed by atoms with Crippen molar-refractivity contribution in [1.29, 1.82) is 0 Å². The number of hydrogen-bond acceptors (Lipinski definition) is 2. The molecular weight excluding hydrogens is 122 g/mol. The summed E-state index contributed by atoms with van der Waals surface area (Å²) < 4.78 is 5.03. The summed E-state index contributed by atoms with van der Waals surface area (Å²) in [6.45, 7) is 3.66. The summed E-state index contributed by atoms with van der Waals surface area (Å²) in [7, 11) is 0. The lowest BCUT2D eigenvalue weighted by Gasteiger charge is -2.11. The van der Waals surface area contributed by atoms with E-state index in [1.807, 2.05) is 13.2 Å². The molecule has 0 aromatic rings. The van der Waals surface area contributed by atoms with E-state index >= 15 is 0 Å². The molecule has 1 radical (unpaired) electrons. The van der Waals surface area contributed by atoms with Crippen LogP contribution < -0.4 is 5.73 Å². The molecule has 0 aliphatic carbocycles. The van der Waals surface area contributed by atoms with Gasteiger partial charge in [0.05, 0.1) is 0 Å². The average molecular weight is 134 g/mol. The minimum absolute atomic E-state index is 0.155. The standard InChI is InChI=1S/C5H12NOS/c1-4(6)7-5(2)8-3/h4-6H,1-3H3. The maximum Gasteiger partial charge on any atom is 0.119 e. The van der Waals surface area contributed by atoms with Gasteiger partial charge in [0.1, 0.15) is 11.7 Å². The van der Waals surface area contributed by atoms with E-state index in [0.29, 0.717) is 0 Å². The van der Waals surface area contributed by atoms with Gasteiger partial charge in [0.25, 0.3) is 0 Å². The second kappa shape index (κ2) is 4.18. The Morgan fingerprint density at radius 1 is 1.50 bits per heavy atom. The average Bonchev–Trinajstić information content (AvgIpc) is 1.65. The van der Waals surface area contributed by atoms with Crippen LogP contribution in [0.15, 0.2) is 0 Å². The Hall–Kier alpha value is 0.270. The third-order valence-electron chi connectivity index (χ3n) is 0.728. The van der Waals surface area contributed by atoms with E-state index in [4.69, 9.17) is 10.5 Å². The molecule has 0 saturated carbocycles. The molecule has 0 aliphatic heterocycles. The first kappa shape index (κ1) is 8.27. The fourth-order valence-corrected chi connectivity index (χ4v) is 0.621. The van der Waals surface area contributed by atoms with Gasteiger partial charge in [-0.2, -0.15) is 0 Å². The van der Waals surface area contributed by atoms with E-state index in [-0.39, 0.29) is 5.44 Å². The first-order valence-corrected chi connectivity index (χ1v) is 3.85. The Morgan fingerprint density at radius 2 is 2.00 bits per heavy atom. The van der Waals surface area contributed by atoms with Gasteiger partial charge in [-0.3, -0.25) is 0 Å². The molecule has 0 bridgehead atoms. The highest BCUT2D eigenvalue weighted by Crippen LogP contribution is 2.07. The van der Waals surface area contributed by atoms with Gasteiger partial charge in [0, 0.05) is 0 Å². The Bertz CT molecular complexity index is 58.4. The zero-order valence-corrected chi connectivity index (χ0v) is 6.29. The topological polar surface area (TPSA) is 33.0 Å². The molecule has 3 heteroatoms. The van der Waals surface area contributed by atoms with E-state index in [2.05, 4.69) is 0 Å². The fraction of sp³-hybridized carbons (Fsp3) is 1.00. The SMILES string of the molecule is CSC(C)OC(C)[NH].